The number of nitrogens with zero attached hydrogens (tertiary/aromatic N) is 1. The molecule has 7 nitrogen and oxygen atoms in total. The maximum Gasteiger partial charge on any atom is 0.329 e. The van der Waals surface area contributed by atoms with E-state index in [0.717, 1.165) is 24.8 Å². The predicted molar refractivity (Wildman–Crippen MR) is 99.7 cm³/mol. The van der Waals surface area contributed by atoms with E-state index in [9.17, 15) is 14.4 Å². The van der Waals surface area contributed by atoms with E-state index in [0.29, 0.717) is 24.2 Å². The Bertz CT molecular complexity index is 898. The van der Waals surface area contributed by atoms with Gasteiger partial charge in [0.05, 0.1) is 12.0 Å². The van der Waals surface area contributed by atoms with Gasteiger partial charge in [0.15, 0.2) is 5.76 Å². The molecule has 1 spiro atoms. The number of carbonyl (C=O) groups excluding carboxylic acids is 3. The maximum absolute atomic E-state index is 13.0. The number of amides is 4. The molecule has 7 heteroatoms. The summed E-state index contributed by atoms with van der Waals surface area (Å²) >= 11 is 0. The molecule has 0 bridgehead atoms. The molecule has 0 atom stereocenters. The summed E-state index contributed by atoms with van der Waals surface area (Å²) in [6.07, 6.45) is 5.78. The molecule has 1 aromatic heterocycles. The van der Waals surface area contributed by atoms with Gasteiger partial charge in [-0.3, -0.25) is 9.59 Å². The average molecular weight is 367 g/mol. The summed E-state index contributed by atoms with van der Waals surface area (Å²) in [7, 11) is 0. The Morgan fingerprint density at radius 1 is 1.19 bits per heavy atom. The lowest BCUT2D eigenvalue weighted by Crippen LogP contribution is -2.48. The van der Waals surface area contributed by atoms with Crippen molar-refractivity contribution in [2.75, 3.05) is 10.2 Å². The Morgan fingerprint density at radius 3 is 2.63 bits per heavy atom. The molecule has 1 aromatic carbocycles. The number of anilines is 2. The second-order valence-electron chi connectivity index (χ2n) is 7.15. The molecule has 140 valence electrons. The minimum absolute atomic E-state index is 0.178. The van der Waals surface area contributed by atoms with Crippen LogP contribution in [-0.2, 0) is 4.79 Å². The molecule has 1 saturated heterocycles. The third-order valence-corrected chi connectivity index (χ3v) is 5.31. The number of urea groups is 1. The molecule has 2 aliphatic rings. The van der Waals surface area contributed by atoms with Crippen LogP contribution in [0.1, 0.15) is 48.2 Å². The highest BCUT2D eigenvalue weighted by Crippen LogP contribution is 2.37. The van der Waals surface area contributed by atoms with Crippen LogP contribution >= 0.6 is 0 Å². The maximum atomic E-state index is 13.0. The molecule has 1 aliphatic carbocycles. The lowest BCUT2D eigenvalue weighted by molar-refractivity contribution is -0.123. The van der Waals surface area contributed by atoms with Crippen LogP contribution in [0, 0.1) is 6.92 Å². The van der Waals surface area contributed by atoms with E-state index in [-0.39, 0.29) is 23.6 Å². The van der Waals surface area contributed by atoms with Crippen molar-refractivity contribution < 1.29 is 18.8 Å². The Morgan fingerprint density at radius 2 is 1.96 bits per heavy atom. The number of aryl methyl sites for hydroxylation is 1. The van der Waals surface area contributed by atoms with E-state index in [1.165, 1.54) is 11.2 Å². The molecule has 2 N–H and O–H groups in total. The Kier molecular flexibility index (Phi) is 4.22. The summed E-state index contributed by atoms with van der Waals surface area (Å²) < 4.78 is 5.08. The van der Waals surface area contributed by atoms with Gasteiger partial charge in [0, 0.05) is 5.69 Å². The summed E-state index contributed by atoms with van der Waals surface area (Å²) in [6, 6.07) is 7.94. The first kappa shape index (κ1) is 17.3. The molecular weight excluding hydrogens is 346 g/mol. The molecule has 27 heavy (non-hydrogen) atoms. The molecule has 4 rings (SSSR count). The van der Waals surface area contributed by atoms with Gasteiger partial charge in [0.1, 0.15) is 5.54 Å². The SMILES string of the molecule is Cc1cc(NC(=O)c2ccco2)ccc1N1C(=O)NC2(CCCCC2)C1=O. The lowest BCUT2D eigenvalue weighted by Gasteiger charge is -2.30. The third-order valence-electron chi connectivity index (χ3n) is 5.31. The smallest absolute Gasteiger partial charge is 0.329 e. The number of benzene rings is 1. The van der Waals surface area contributed by atoms with Gasteiger partial charge in [0.25, 0.3) is 11.8 Å². The summed E-state index contributed by atoms with van der Waals surface area (Å²) in [6.45, 7) is 1.81. The first-order chi connectivity index (χ1) is 13.0. The highest BCUT2D eigenvalue weighted by molar-refractivity contribution is 6.23. The Labute approximate surface area is 156 Å². The van der Waals surface area contributed by atoms with Crippen molar-refractivity contribution in [3.63, 3.8) is 0 Å². The largest absolute Gasteiger partial charge is 0.459 e. The second-order valence-corrected chi connectivity index (χ2v) is 7.15. The van der Waals surface area contributed by atoms with Gasteiger partial charge in [-0.15, -0.1) is 0 Å². The van der Waals surface area contributed by atoms with E-state index in [4.69, 9.17) is 4.42 Å². The van der Waals surface area contributed by atoms with Gasteiger partial charge in [-0.1, -0.05) is 19.3 Å². The van der Waals surface area contributed by atoms with Gasteiger partial charge in [-0.05, 0) is 55.7 Å². The quantitative estimate of drug-likeness (QED) is 0.811. The van der Waals surface area contributed by atoms with Gasteiger partial charge < -0.3 is 15.1 Å². The van der Waals surface area contributed by atoms with E-state index >= 15 is 0 Å². The third kappa shape index (κ3) is 2.99. The lowest BCUT2D eigenvalue weighted by atomic mass is 9.81. The minimum Gasteiger partial charge on any atom is -0.459 e. The van der Waals surface area contributed by atoms with Gasteiger partial charge >= 0.3 is 6.03 Å². The van der Waals surface area contributed by atoms with Gasteiger partial charge in [-0.25, -0.2) is 9.69 Å². The van der Waals surface area contributed by atoms with Crippen molar-refractivity contribution in [2.45, 2.75) is 44.6 Å². The molecule has 0 radical (unpaired) electrons. The number of rotatable bonds is 3. The molecule has 2 aromatic rings. The van der Waals surface area contributed by atoms with Crippen molar-refractivity contribution in [1.82, 2.24) is 5.32 Å². The molecule has 4 amide bonds. The highest BCUT2D eigenvalue weighted by Gasteiger charge is 2.52. The monoisotopic (exact) mass is 367 g/mol. The van der Waals surface area contributed by atoms with Crippen molar-refractivity contribution in [3.05, 3.63) is 47.9 Å². The van der Waals surface area contributed by atoms with Crippen LogP contribution in [0.2, 0.25) is 0 Å². The molecular formula is C20H21N3O4. The van der Waals surface area contributed by atoms with Crippen molar-refractivity contribution in [3.8, 4) is 0 Å². The molecule has 2 heterocycles. The summed E-state index contributed by atoms with van der Waals surface area (Å²) in [5.41, 5.74) is 1.07. The molecule has 1 saturated carbocycles. The fraction of sp³-hybridized carbons (Fsp3) is 0.350. The van der Waals surface area contributed by atoms with E-state index in [2.05, 4.69) is 10.6 Å². The van der Waals surface area contributed by atoms with Crippen molar-refractivity contribution in [1.29, 1.82) is 0 Å². The van der Waals surface area contributed by atoms with Crippen LogP contribution < -0.4 is 15.5 Å². The Hall–Kier alpha value is -3.09. The highest BCUT2D eigenvalue weighted by atomic mass is 16.3. The van der Waals surface area contributed by atoms with Crippen LogP contribution in [0.3, 0.4) is 0 Å². The number of imide groups is 1. The molecule has 1 aliphatic heterocycles. The predicted octanol–water partition coefficient (Wildman–Crippen LogP) is 3.60. The average Bonchev–Trinajstić information content (AvgIpc) is 3.25. The second kappa shape index (κ2) is 6.57. The number of hydrogen-bond donors (Lipinski definition) is 2. The summed E-state index contributed by atoms with van der Waals surface area (Å²) in [4.78, 5) is 38.9. The number of furan rings is 1. The van der Waals surface area contributed by atoms with Crippen LogP contribution in [0.25, 0.3) is 0 Å². The summed E-state index contributed by atoms with van der Waals surface area (Å²) in [5, 5.41) is 5.66. The Balaban J connectivity index is 1.56. The van der Waals surface area contributed by atoms with Crippen molar-refractivity contribution >= 4 is 29.2 Å². The van der Waals surface area contributed by atoms with Crippen LogP contribution in [-0.4, -0.2) is 23.4 Å². The van der Waals surface area contributed by atoms with E-state index in [1.54, 1.807) is 30.3 Å². The molecule has 0 unspecified atom stereocenters. The first-order valence-electron chi connectivity index (χ1n) is 9.12. The fourth-order valence-corrected chi connectivity index (χ4v) is 3.92. The number of carbonyl (C=O) groups is 3. The van der Waals surface area contributed by atoms with Gasteiger partial charge in [0.2, 0.25) is 0 Å². The zero-order valence-corrected chi connectivity index (χ0v) is 15.1. The molecule has 2 fully saturated rings. The van der Waals surface area contributed by atoms with E-state index < -0.39 is 5.54 Å². The standard InChI is InChI=1S/C20H21N3O4/c1-13-12-14(21-17(24)16-6-5-11-27-16)7-8-15(13)23-18(25)20(22-19(23)26)9-3-2-4-10-20/h5-8,11-12H,2-4,9-10H2,1H3,(H,21,24)(H,22,26). The minimum atomic E-state index is -0.756. The van der Waals surface area contributed by atoms with Crippen LogP contribution in [0.15, 0.2) is 41.0 Å². The van der Waals surface area contributed by atoms with Crippen LogP contribution in [0.5, 0.6) is 0 Å². The first-order valence-corrected chi connectivity index (χ1v) is 9.12. The number of hydrogen-bond acceptors (Lipinski definition) is 4. The normalized spacial score (nSPS) is 18.6. The zero-order chi connectivity index (χ0) is 19.0. The van der Waals surface area contributed by atoms with E-state index in [1.807, 2.05) is 6.92 Å². The topological polar surface area (TPSA) is 91.7 Å². The summed E-state index contributed by atoms with van der Waals surface area (Å²) in [5.74, 6) is -0.323. The van der Waals surface area contributed by atoms with Crippen molar-refractivity contribution in [2.24, 2.45) is 0 Å². The van der Waals surface area contributed by atoms with Gasteiger partial charge in [-0.2, -0.15) is 0 Å². The fourth-order valence-electron chi connectivity index (χ4n) is 3.92. The number of nitrogens with one attached hydrogen (secondary N) is 2. The van der Waals surface area contributed by atoms with Crippen LogP contribution in [0.4, 0.5) is 16.2 Å². The zero-order valence-electron chi connectivity index (χ0n) is 15.1.